The molecule has 1 saturated heterocycles. The van der Waals surface area contributed by atoms with Crippen LogP contribution in [0.25, 0.3) is 0 Å². The lowest BCUT2D eigenvalue weighted by Crippen LogP contribution is -2.39. The molecule has 3 rings (SSSR count). The third-order valence-corrected chi connectivity index (χ3v) is 5.23. The predicted octanol–water partition coefficient (Wildman–Crippen LogP) is 2.92. The molecule has 0 radical (unpaired) electrons. The van der Waals surface area contributed by atoms with Gasteiger partial charge < -0.3 is 14.4 Å². The zero-order valence-electron chi connectivity index (χ0n) is 16.3. The number of likely N-dealkylation sites (tertiary alicyclic amines) is 1. The maximum Gasteiger partial charge on any atom is 0.226 e. The van der Waals surface area contributed by atoms with Crippen molar-refractivity contribution in [2.45, 2.75) is 38.1 Å². The van der Waals surface area contributed by atoms with Gasteiger partial charge in [-0.05, 0) is 57.6 Å². The fourth-order valence-electron chi connectivity index (χ4n) is 3.70. The average molecular weight is 372 g/mol. The van der Waals surface area contributed by atoms with Crippen molar-refractivity contribution in [1.82, 2.24) is 19.4 Å². The molecule has 146 valence electrons. The first kappa shape index (κ1) is 19.5. The monoisotopic (exact) mass is 372 g/mol. The summed E-state index contributed by atoms with van der Waals surface area (Å²) in [6, 6.07) is 6.19. The number of carbonyl (C=O) groups is 1. The van der Waals surface area contributed by atoms with Gasteiger partial charge in [-0.25, -0.2) is 9.37 Å². The van der Waals surface area contributed by atoms with Crippen LogP contribution in [0.4, 0.5) is 4.39 Å². The Morgan fingerprint density at radius 3 is 2.59 bits per heavy atom. The molecule has 0 bridgehead atoms. The molecule has 6 heteroatoms. The van der Waals surface area contributed by atoms with Crippen molar-refractivity contribution in [3.63, 3.8) is 0 Å². The van der Waals surface area contributed by atoms with Gasteiger partial charge in [0.15, 0.2) is 0 Å². The van der Waals surface area contributed by atoms with Crippen molar-refractivity contribution >= 4 is 5.91 Å². The SMILES string of the molecule is CN(C)CCCn1ccnc1C1CCN(C(=O)Cc2ccc(F)cc2)CC1. The van der Waals surface area contributed by atoms with Crippen molar-refractivity contribution in [3.05, 3.63) is 53.9 Å². The Morgan fingerprint density at radius 2 is 1.93 bits per heavy atom. The van der Waals surface area contributed by atoms with Crippen LogP contribution in [0.1, 0.15) is 36.6 Å². The summed E-state index contributed by atoms with van der Waals surface area (Å²) < 4.78 is 15.3. The Bertz CT molecular complexity index is 733. The third-order valence-electron chi connectivity index (χ3n) is 5.23. The molecule has 0 N–H and O–H groups in total. The van der Waals surface area contributed by atoms with E-state index in [4.69, 9.17) is 0 Å². The first-order valence-corrected chi connectivity index (χ1v) is 9.71. The molecule has 0 atom stereocenters. The molecule has 1 fully saturated rings. The van der Waals surface area contributed by atoms with E-state index in [-0.39, 0.29) is 11.7 Å². The van der Waals surface area contributed by atoms with E-state index >= 15 is 0 Å². The molecule has 0 unspecified atom stereocenters. The number of benzene rings is 1. The van der Waals surface area contributed by atoms with Gasteiger partial charge in [0.05, 0.1) is 6.42 Å². The normalized spacial score (nSPS) is 15.5. The topological polar surface area (TPSA) is 41.4 Å². The van der Waals surface area contributed by atoms with E-state index in [0.29, 0.717) is 12.3 Å². The summed E-state index contributed by atoms with van der Waals surface area (Å²) in [5.74, 6) is 1.41. The summed E-state index contributed by atoms with van der Waals surface area (Å²) in [6.07, 6.45) is 7.28. The molecule has 27 heavy (non-hydrogen) atoms. The molecule has 1 aromatic carbocycles. The molecular weight excluding hydrogens is 343 g/mol. The Labute approximate surface area is 160 Å². The first-order valence-electron chi connectivity index (χ1n) is 9.71. The summed E-state index contributed by atoms with van der Waals surface area (Å²) in [4.78, 5) is 21.2. The van der Waals surface area contributed by atoms with Gasteiger partial charge in [0.1, 0.15) is 11.6 Å². The average Bonchev–Trinajstić information content (AvgIpc) is 3.12. The number of imidazole rings is 1. The van der Waals surface area contributed by atoms with E-state index in [2.05, 4.69) is 34.7 Å². The molecular formula is C21H29FN4O. The molecule has 1 aromatic heterocycles. The number of piperidine rings is 1. The van der Waals surface area contributed by atoms with E-state index in [9.17, 15) is 9.18 Å². The molecule has 0 saturated carbocycles. The van der Waals surface area contributed by atoms with E-state index in [0.717, 1.165) is 56.8 Å². The third kappa shape index (κ3) is 5.39. The summed E-state index contributed by atoms with van der Waals surface area (Å²) >= 11 is 0. The molecule has 0 aliphatic carbocycles. The van der Waals surface area contributed by atoms with Crippen LogP contribution >= 0.6 is 0 Å². The fraction of sp³-hybridized carbons (Fsp3) is 0.524. The van der Waals surface area contributed by atoms with Crippen molar-refractivity contribution in [2.75, 3.05) is 33.7 Å². The zero-order chi connectivity index (χ0) is 19.2. The lowest BCUT2D eigenvalue weighted by molar-refractivity contribution is -0.131. The summed E-state index contributed by atoms with van der Waals surface area (Å²) in [5, 5.41) is 0. The lowest BCUT2D eigenvalue weighted by Gasteiger charge is -2.32. The molecule has 2 heterocycles. The Kier molecular flexibility index (Phi) is 6.61. The molecule has 1 aliphatic heterocycles. The van der Waals surface area contributed by atoms with E-state index in [1.165, 1.54) is 12.1 Å². The number of halogens is 1. The number of rotatable bonds is 7. The maximum absolute atomic E-state index is 13.0. The second-order valence-corrected chi connectivity index (χ2v) is 7.59. The molecule has 1 aliphatic rings. The number of amides is 1. The minimum absolute atomic E-state index is 0.120. The molecule has 0 spiro atoms. The number of hydrogen-bond donors (Lipinski definition) is 0. The van der Waals surface area contributed by atoms with Crippen LogP contribution in [0.15, 0.2) is 36.7 Å². The van der Waals surface area contributed by atoms with Gasteiger partial charge in [0.25, 0.3) is 0 Å². The largest absolute Gasteiger partial charge is 0.342 e. The van der Waals surface area contributed by atoms with Gasteiger partial charge in [0.2, 0.25) is 5.91 Å². The van der Waals surface area contributed by atoms with Crippen LogP contribution in [-0.2, 0) is 17.8 Å². The number of nitrogens with zero attached hydrogens (tertiary/aromatic N) is 4. The van der Waals surface area contributed by atoms with Crippen LogP contribution in [-0.4, -0.2) is 59.0 Å². The Hall–Kier alpha value is -2.21. The Balaban J connectivity index is 1.51. The first-order chi connectivity index (χ1) is 13.0. The highest BCUT2D eigenvalue weighted by Crippen LogP contribution is 2.27. The van der Waals surface area contributed by atoms with Gasteiger partial charge in [-0.3, -0.25) is 4.79 Å². The van der Waals surface area contributed by atoms with Crippen molar-refractivity contribution in [2.24, 2.45) is 0 Å². The van der Waals surface area contributed by atoms with Gasteiger partial charge >= 0.3 is 0 Å². The second-order valence-electron chi connectivity index (χ2n) is 7.59. The van der Waals surface area contributed by atoms with Crippen LogP contribution in [0, 0.1) is 5.82 Å². The van der Waals surface area contributed by atoms with Crippen molar-refractivity contribution in [1.29, 1.82) is 0 Å². The fourth-order valence-corrected chi connectivity index (χ4v) is 3.70. The van der Waals surface area contributed by atoms with E-state index in [1.807, 2.05) is 11.1 Å². The number of hydrogen-bond acceptors (Lipinski definition) is 3. The quantitative estimate of drug-likeness (QED) is 0.750. The van der Waals surface area contributed by atoms with Gasteiger partial charge in [0, 0.05) is 37.9 Å². The maximum atomic E-state index is 13.0. The van der Waals surface area contributed by atoms with Crippen LogP contribution < -0.4 is 0 Å². The Morgan fingerprint density at radius 1 is 1.22 bits per heavy atom. The van der Waals surface area contributed by atoms with Gasteiger partial charge in [-0.15, -0.1) is 0 Å². The zero-order valence-corrected chi connectivity index (χ0v) is 16.3. The molecule has 2 aromatic rings. The highest BCUT2D eigenvalue weighted by molar-refractivity contribution is 5.78. The van der Waals surface area contributed by atoms with Gasteiger partial charge in [-0.2, -0.15) is 0 Å². The number of carbonyl (C=O) groups excluding carboxylic acids is 1. The highest BCUT2D eigenvalue weighted by Gasteiger charge is 2.26. The number of aromatic nitrogens is 2. The molecule has 5 nitrogen and oxygen atoms in total. The van der Waals surface area contributed by atoms with Crippen molar-refractivity contribution in [3.8, 4) is 0 Å². The lowest BCUT2D eigenvalue weighted by atomic mass is 9.95. The van der Waals surface area contributed by atoms with Crippen LogP contribution in [0.2, 0.25) is 0 Å². The minimum atomic E-state index is -0.270. The number of aryl methyl sites for hydroxylation is 1. The van der Waals surface area contributed by atoms with Gasteiger partial charge in [-0.1, -0.05) is 12.1 Å². The second kappa shape index (κ2) is 9.13. The van der Waals surface area contributed by atoms with Crippen molar-refractivity contribution < 1.29 is 9.18 Å². The minimum Gasteiger partial charge on any atom is -0.342 e. The predicted molar refractivity (Wildman–Crippen MR) is 104 cm³/mol. The summed E-state index contributed by atoms with van der Waals surface area (Å²) in [5.41, 5.74) is 0.861. The van der Waals surface area contributed by atoms with Crippen LogP contribution in [0.3, 0.4) is 0 Å². The van der Waals surface area contributed by atoms with E-state index in [1.54, 1.807) is 12.1 Å². The summed E-state index contributed by atoms with van der Waals surface area (Å²) in [7, 11) is 4.18. The van der Waals surface area contributed by atoms with E-state index < -0.39 is 0 Å². The highest BCUT2D eigenvalue weighted by atomic mass is 19.1. The smallest absolute Gasteiger partial charge is 0.226 e. The standard InChI is InChI=1S/C21H29FN4O/c1-24(2)11-3-12-26-15-10-23-21(26)18-8-13-25(14-9-18)20(27)16-17-4-6-19(22)7-5-17/h4-7,10,15,18H,3,8-9,11-14,16H2,1-2H3. The molecule has 1 amide bonds. The van der Waals surface area contributed by atoms with Crippen LogP contribution in [0.5, 0.6) is 0 Å². The summed E-state index contributed by atoms with van der Waals surface area (Å²) in [6.45, 7) is 3.57.